The van der Waals surface area contributed by atoms with Gasteiger partial charge in [0.2, 0.25) is 5.96 Å². The van der Waals surface area contributed by atoms with Crippen molar-refractivity contribution in [2.24, 2.45) is 10.7 Å². The zero-order valence-corrected chi connectivity index (χ0v) is 8.00. The van der Waals surface area contributed by atoms with E-state index in [2.05, 4.69) is 15.4 Å². The summed E-state index contributed by atoms with van der Waals surface area (Å²) in [6, 6.07) is 0.511. The summed E-state index contributed by atoms with van der Waals surface area (Å²) < 4.78 is 0. The summed E-state index contributed by atoms with van der Waals surface area (Å²) >= 11 is 0. The zero-order chi connectivity index (χ0) is 9.10. The molecule has 0 radical (unpaired) electrons. The number of nitrogens with zero attached hydrogens (tertiary/aromatic N) is 2. The molecule has 0 unspecified atom stereocenters. The molecule has 0 bridgehead atoms. The zero-order valence-electron chi connectivity index (χ0n) is 8.00. The van der Waals surface area contributed by atoms with E-state index in [4.69, 9.17) is 5.73 Å². The molecule has 2 fully saturated rings. The molecule has 1 saturated carbocycles. The van der Waals surface area contributed by atoms with Crippen LogP contribution in [0.1, 0.15) is 32.1 Å². The quantitative estimate of drug-likeness (QED) is 0.481. The Kier molecular flexibility index (Phi) is 2.68. The van der Waals surface area contributed by atoms with E-state index in [1.165, 1.54) is 32.1 Å². The van der Waals surface area contributed by atoms with Crippen LogP contribution in [-0.4, -0.2) is 30.1 Å². The third-order valence-corrected chi connectivity index (χ3v) is 2.50. The minimum absolute atomic E-state index is 0.511. The highest BCUT2D eigenvalue weighted by Gasteiger charge is 2.21. The molecule has 3 N–H and O–H groups in total. The van der Waals surface area contributed by atoms with Gasteiger partial charge in [-0.25, -0.2) is 10.0 Å². The lowest BCUT2D eigenvalue weighted by atomic mass is 10.2. The Morgan fingerprint density at radius 3 is 2.54 bits per heavy atom. The molecule has 1 saturated heterocycles. The molecule has 0 amide bonds. The molecule has 2 aliphatic rings. The summed E-state index contributed by atoms with van der Waals surface area (Å²) in [5, 5.41) is 2.17. The molecule has 4 heteroatoms. The van der Waals surface area contributed by atoms with Gasteiger partial charge in [-0.2, -0.15) is 0 Å². The van der Waals surface area contributed by atoms with E-state index in [1.807, 2.05) is 0 Å². The fourth-order valence-corrected chi connectivity index (χ4v) is 1.60. The molecule has 0 spiro atoms. The molecule has 2 rings (SSSR count). The topological polar surface area (TPSA) is 53.6 Å². The monoisotopic (exact) mass is 182 g/mol. The summed E-state index contributed by atoms with van der Waals surface area (Å²) in [6.45, 7) is 2.20. The molecular formula is C9H18N4. The summed E-state index contributed by atoms with van der Waals surface area (Å²) in [5.41, 5.74) is 8.89. The van der Waals surface area contributed by atoms with Crippen LogP contribution in [0, 0.1) is 0 Å². The van der Waals surface area contributed by atoms with Crippen molar-refractivity contribution in [3.05, 3.63) is 0 Å². The van der Waals surface area contributed by atoms with E-state index < -0.39 is 0 Å². The molecule has 4 nitrogen and oxygen atoms in total. The Bertz CT molecular complexity index is 192. The van der Waals surface area contributed by atoms with E-state index in [-0.39, 0.29) is 0 Å². The van der Waals surface area contributed by atoms with Gasteiger partial charge in [0.25, 0.3) is 0 Å². The van der Waals surface area contributed by atoms with Crippen LogP contribution in [0.25, 0.3) is 0 Å². The molecule has 1 heterocycles. The Morgan fingerprint density at radius 1 is 1.23 bits per heavy atom. The van der Waals surface area contributed by atoms with E-state index in [9.17, 15) is 0 Å². The summed E-state index contributed by atoms with van der Waals surface area (Å²) in [4.78, 5) is 4.32. The van der Waals surface area contributed by atoms with Gasteiger partial charge in [-0.05, 0) is 25.7 Å². The van der Waals surface area contributed by atoms with E-state index in [0.29, 0.717) is 12.0 Å². The van der Waals surface area contributed by atoms with Crippen LogP contribution in [0.4, 0.5) is 0 Å². The van der Waals surface area contributed by atoms with Gasteiger partial charge in [-0.1, -0.05) is 6.42 Å². The first-order valence-corrected chi connectivity index (χ1v) is 5.19. The van der Waals surface area contributed by atoms with Crippen molar-refractivity contribution < 1.29 is 0 Å². The first-order valence-electron chi connectivity index (χ1n) is 5.19. The lowest BCUT2D eigenvalue weighted by Gasteiger charge is -2.27. The number of hydrazine groups is 1. The Labute approximate surface area is 79.2 Å². The lowest BCUT2D eigenvalue weighted by Crippen LogP contribution is -2.48. The molecule has 0 aromatic rings. The van der Waals surface area contributed by atoms with Gasteiger partial charge in [0.15, 0.2) is 0 Å². The fraction of sp³-hybridized carbons (Fsp3) is 0.889. The lowest BCUT2D eigenvalue weighted by molar-refractivity contribution is 0.193. The predicted octanol–water partition coefficient (Wildman–Crippen LogP) is 0.454. The van der Waals surface area contributed by atoms with Gasteiger partial charge in [-0.3, -0.25) is 5.43 Å². The van der Waals surface area contributed by atoms with Gasteiger partial charge >= 0.3 is 0 Å². The first-order chi connectivity index (χ1) is 6.34. The smallest absolute Gasteiger partial charge is 0.203 e. The van der Waals surface area contributed by atoms with Crippen LogP contribution in [0.5, 0.6) is 0 Å². The molecule has 1 aliphatic heterocycles. The number of aliphatic imine (C=N–C) groups is 1. The van der Waals surface area contributed by atoms with Crippen LogP contribution in [0.3, 0.4) is 0 Å². The fourth-order valence-electron chi connectivity index (χ4n) is 1.60. The van der Waals surface area contributed by atoms with Crippen LogP contribution < -0.4 is 11.2 Å². The first kappa shape index (κ1) is 8.81. The maximum absolute atomic E-state index is 5.74. The van der Waals surface area contributed by atoms with Crippen LogP contribution >= 0.6 is 0 Å². The second-order valence-electron chi connectivity index (χ2n) is 3.91. The minimum Gasteiger partial charge on any atom is -0.369 e. The van der Waals surface area contributed by atoms with Crippen LogP contribution in [0.15, 0.2) is 4.99 Å². The van der Waals surface area contributed by atoms with Gasteiger partial charge in [0.05, 0.1) is 6.04 Å². The van der Waals surface area contributed by atoms with Gasteiger partial charge in [0, 0.05) is 13.1 Å². The standard InChI is InChI=1S/C9H18N4/c10-9(11-8-4-5-8)12-13-6-2-1-3-7-13/h8H,1-7H2,(H3,10,11,12). The Morgan fingerprint density at radius 2 is 1.92 bits per heavy atom. The SMILES string of the molecule is NC(=NC1CC1)NN1CCCCC1. The highest BCUT2D eigenvalue weighted by atomic mass is 15.5. The average Bonchev–Trinajstić information content (AvgIpc) is 2.90. The maximum atomic E-state index is 5.74. The second kappa shape index (κ2) is 3.96. The maximum Gasteiger partial charge on any atom is 0.203 e. The highest BCUT2D eigenvalue weighted by Crippen LogP contribution is 2.22. The number of nitrogens with one attached hydrogen (secondary N) is 1. The van der Waals surface area contributed by atoms with Crippen molar-refractivity contribution in [2.45, 2.75) is 38.1 Å². The normalized spacial score (nSPS) is 26.0. The van der Waals surface area contributed by atoms with Crippen molar-refractivity contribution in [3.8, 4) is 0 Å². The largest absolute Gasteiger partial charge is 0.369 e. The van der Waals surface area contributed by atoms with E-state index in [1.54, 1.807) is 0 Å². The predicted molar refractivity (Wildman–Crippen MR) is 53.2 cm³/mol. The molecule has 13 heavy (non-hydrogen) atoms. The van der Waals surface area contributed by atoms with Crippen molar-refractivity contribution in [1.29, 1.82) is 0 Å². The summed E-state index contributed by atoms with van der Waals surface area (Å²) in [5.74, 6) is 0.601. The van der Waals surface area contributed by atoms with E-state index in [0.717, 1.165) is 13.1 Å². The number of hydrogen-bond acceptors (Lipinski definition) is 2. The summed E-state index contributed by atoms with van der Waals surface area (Å²) in [7, 11) is 0. The number of guanidine groups is 1. The van der Waals surface area contributed by atoms with Crippen molar-refractivity contribution in [1.82, 2.24) is 10.4 Å². The van der Waals surface area contributed by atoms with Crippen LogP contribution in [0.2, 0.25) is 0 Å². The Hall–Kier alpha value is -0.770. The number of rotatable bonds is 2. The Balaban J connectivity index is 1.74. The van der Waals surface area contributed by atoms with Crippen molar-refractivity contribution in [3.63, 3.8) is 0 Å². The van der Waals surface area contributed by atoms with Gasteiger partial charge < -0.3 is 5.73 Å². The number of hydrogen-bond donors (Lipinski definition) is 2. The highest BCUT2D eigenvalue weighted by molar-refractivity contribution is 5.77. The number of piperidine rings is 1. The molecule has 0 aromatic heterocycles. The second-order valence-corrected chi connectivity index (χ2v) is 3.91. The molecular weight excluding hydrogens is 164 g/mol. The molecule has 0 aromatic carbocycles. The molecule has 74 valence electrons. The molecule has 1 aliphatic carbocycles. The third kappa shape index (κ3) is 2.88. The average molecular weight is 182 g/mol. The van der Waals surface area contributed by atoms with E-state index >= 15 is 0 Å². The minimum atomic E-state index is 0.511. The van der Waals surface area contributed by atoms with Crippen LogP contribution in [-0.2, 0) is 0 Å². The number of nitrogens with two attached hydrogens (primary N) is 1. The van der Waals surface area contributed by atoms with Crippen molar-refractivity contribution >= 4 is 5.96 Å². The van der Waals surface area contributed by atoms with Crippen molar-refractivity contribution in [2.75, 3.05) is 13.1 Å². The molecule has 0 atom stereocenters. The summed E-state index contributed by atoms with van der Waals surface area (Å²) in [6.07, 6.45) is 6.30. The van der Waals surface area contributed by atoms with Gasteiger partial charge in [-0.15, -0.1) is 0 Å². The van der Waals surface area contributed by atoms with Gasteiger partial charge in [0.1, 0.15) is 0 Å². The third-order valence-electron chi connectivity index (χ3n) is 2.50.